The molecule has 4 heteroatoms. The van der Waals surface area contributed by atoms with Gasteiger partial charge in [-0.1, -0.05) is 18.2 Å². The normalized spacial score (nSPS) is 22.7. The van der Waals surface area contributed by atoms with Gasteiger partial charge in [0.1, 0.15) is 5.75 Å². The van der Waals surface area contributed by atoms with Crippen LogP contribution in [0.4, 0.5) is 0 Å². The first-order valence-corrected chi connectivity index (χ1v) is 8.60. The number of piperidine rings is 1. The average molecular weight is 316 g/mol. The van der Waals surface area contributed by atoms with E-state index in [1.165, 1.54) is 0 Å². The van der Waals surface area contributed by atoms with Gasteiger partial charge in [-0.2, -0.15) is 0 Å². The number of rotatable bonds is 5. The van der Waals surface area contributed by atoms with Crippen LogP contribution >= 0.6 is 0 Å². The van der Waals surface area contributed by atoms with E-state index in [1.807, 2.05) is 18.2 Å². The summed E-state index contributed by atoms with van der Waals surface area (Å²) in [5, 5.41) is 6.66. The molecule has 1 aliphatic carbocycles. The highest BCUT2D eigenvalue weighted by atomic mass is 16.5. The number of carbonyl (C=O) groups excluding carboxylic acids is 1. The fourth-order valence-corrected chi connectivity index (χ4v) is 3.99. The van der Waals surface area contributed by atoms with Gasteiger partial charge in [-0.05, 0) is 69.7 Å². The van der Waals surface area contributed by atoms with Gasteiger partial charge < -0.3 is 15.4 Å². The van der Waals surface area contributed by atoms with Gasteiger partial charge in [0, 0.05) is 11.5 Å². The van der Waals surface area contributed by atoms with E-state index in [1.54, 1.807) is 7.11 Å². The maximum absolute atomic E-state index is 12.7. The summed E-state index contributed by atoms with van der Waals surface area (Å²) in [5.74, 6) is 1.32. The van der Waals surface area contributed by atoms with Crippen LogP contribution in [0.1, 0.15) is 38.7 Å². The molecule has 126 valence electrons. The van der Waals surface area contributed by atoms with Crippen LogP contribution in [0.5, 0.6) is 5.75 Å². The summed E-state index contributed by atoms with van der Waals surface area (Å²) >= 11 is 0. The molecule has 1 saturated heterocycles. The number of amides is 1. The lowest BCUT2D eigenvalue weighted by Gasteiger charge is -2.29. The summed E-state index contributed by atoms with van der Waals surface area (Å²) in [6, 6.07) is 8.02. The van der Waals surface area contributed by atoms with Crippen molar-refractivity contribution in [2.45, 2.75) is 45.1 Å². The Bertz CT molecular complexity index is 576. The van der Waals surface area contributed by atoms with Crippen molar-refractivity contribution in [3.05, 3.63) is 29.8 Å². The number of hydrogen-bond donors (Lipinski definition) is 2. The van der Waals surface area contributed by atoms with E-state index in [0.29, 0.717) is 0 Å². The minimum absolute atomic E-state index is 0.210. The molecular weight excluding hydrogens is 288 g/mol. The maximum atomic E-state index is 12.7. The summed E-state index contributed by atoms with van der Waals surface area (Å²) in [7, 11) is 1.69. The van der Waals surface area contributed by atoms with Crippen LogP contribution in [-0.4, -0.2) is 31.6 Å². The summed E-state index contributed by atoms with van der Waals surface area (Å²) in [5.41, 5.74) is 1.14. The van der Waals surface area contributed by atoms with E-state index < -0.39 is 0 Å². The van der Waals surface area contributed by atoms with Gasteiger partial charge in [0.2, 0.25) is 5.91 Å². The van der Waals surface area contributed by atoms with Crippen molar-refractivity contribution >= 4 is 5.91 Å². The number of carbonyl (C=O) groups is 1. The quantitative estimate of drug-likeness (QED) is 0.877. The number of para-hydroxylation sites is 1. The highest BCUT2D eigenvalue weighted by Gasteiger charge is 2.58. The Labute approximate surface area is 139 Å². The van der Waals surface area contributed by atoms with Crippen molar-refractivity contribution in [3.8, 4) is 5.75 Å². The third kappa shape index (κ3) is 3.52. The molecule has 1 aromatic rings. The molecule has 4 nitrogen and oxygen atoms in total. The number of ether oxygens (including phenoxy) is 1. The lowest BCUT2D eigenvalue weighted by Crippen LogP contribution is -2.46. The van der Waals surface area contributed by atoms with E-state index in [9.17, 15) is 4.79 Å². The van der Waals surface area contributed by atoms with Crippen LogP contribution in [0.15, 0.2) is 24.3 Å². The molecule has 23 heavy (non-hydrogen) atoms. The van der Waals surface area contributed by atoms with Crippen molar-refractivity contribution in [2.75, 3.05) is 20.2 Å². The van der Waals surface area contributed by atoms with Gasteiger partial charge in [-0.25, -0.2) is 0 Å². The van der Waals surface area contributed by atoms with Gasteiger partial charge >= 0.3 is 0 Å². The van der Waals surface area contributed by atoms with Gasteiger partial charge in [0.25, 0.3) is 0 Å². The highest BCUT2D eigenvalue weighted by molar-refractivity contribution is 5.83. The molecule has 0 aromatic heterocycles. The summed E-state index contributed by atoms with van der Waals surface area (Å²) in [6.07, 6.45) is 4.10. The van der Waals surface area contributed by atoms with Gasteiger partial charge in [0.05, 0.1) is 7.11 Å². The summed E-state index contributed by atoms with van der Waals surface area (Å²) in [4.78, 5) is 12.7. The van der Waals surface area contributed by atoms with Crippen molar-refractivity contribution in [1.82, 2.24) is 10.6 Å². The minimum Gasteiger partial charge on any atom is -0.496 e. The molecule has 1 saturated carbocycles. The van der Waals surface area contributed by atoms with Crippen LogP contribution in [0.25, 0.3) is 0 Å². The monoisotopic (exact) mass is 316 g/mol. The Morgan fingerprint density at radius 3 is 2.74 bits per heavy atom. The van der Waals surface area contributed by atoms with Gasteiger partial charge in [-0.3, -0.25) is 4.79 Å². The Balaban J connectivity index is 1.61. The largest absolute Gasteiger partial charge is 0.496 e. The highest BCUT2D eigenvalue weighted by Crippen LogP contribution is 2.58. The van der Waals surface area contributed by atoms with Crippen molar-refractivity contribution in [1.29, 1.82) is 0 Å². The summed E-state index contributed by atoms with van der Waals surface area (Å²) < 4.78 is 5.43. The van der Waals surface area contributed by atoms with Crippen LogP contribution in [0.2, 0.25) is 0 Å². The molecule has 1 unspecified atom stereocenters. The molecule has 1 aromatic carbocycles. The molecular formula is C19H28N2O2. The zero-order valence-electron chi connectivity index (χ0n) is 14.4. The van der Waals surface area contributed by atoms with Crippen LogP contribution in [0, 0.1) is 11.3 Å². The molecule has 0 bridgehead atoms. The molecule has 2 N–H and O–H groups in total. The maximum Gasteiger partial charge on any atom is 0.224 e. The average Bonchev–Trinajstić information content (AvgIpc) is 3.21. The molecule has 1 amide bonds. The first-order valence-electron chi connectivity index (χ1n) is 8.60. The first-order chi connectivity index (χ1) is 11.0. The van der Waals surface area contributed by atoms with Crippen molar-refractivity contribution < 1.29 is 9.53 Å². The molecule has 1 heterocycles. The fourth-order valence-electron chi connectivity index (χ4n) is 3.99. The SMILES string of the molecule is COc1ccccc1CC(C)(C)NC(=O)C1CC12CCNCC2. The van der Waals surface area contributed by atoms with Crippen molar-refractivity contribution in [3.63, 3.8) is 0 Å². The zero-order valence-corrected chi connectivity index (χ0v) is 14.4. The van der Waals surface area contributed by atoms with Crippen LogP contribution in [0.3, 0.4) is 0 Å². The number of hydrogen-bond acceptors (Lipinski definition) is 3. The fraction of sp³-hybridized carbons (Fsp3) is 0.632. The van der Waals surface area contributed by atoms with Crippen LogP contribution in [-0.2, 0) is 11.2 Å². The second-order valence-corrected chi connectivity index (χ2v) is 7.73. The molecule has 1 spiro atoms. The molecule has 3 rings (SSSR count). The second-order valence-electron chi connectivity index (χ2n) is 7.73. The topological polar surface area (TPSA) is 50.4 Å². The predicted octanol–water partition coefficient (Wildman–Crippen LogP) is 2.52. The lowest BCUT2D eigenvalue weighted by atomic mass is 9.90. The Morgan fingerprint density at radius 1 is 1.35 bits per heavy atom. The van der Waals surface area contributed by atoms with E-state index in [4.69, 9.17) is 4.74 Å². The minimum atomic E-state index is -0.275. The molecule has 0 radical (unpaired) electrons. The van der Waals surface area contributed by atoms with Crippen LogP contribution < -0.4 is 15.4 Å². The Hall–Kier alpha value is -1.55. The molecule has 1 aliphatic heterocycles. The summed E-state index contributed by atoms with van der Waals surface area (Å²) in [6.45, 7) is 6.28. The van der Waals surface area contributed by atoms with Crippen molar-refractivity contribution in [2.24, 2.45) is 11.3 Å². The standard InChI is InChI=1S/C19H28N2O2/c1-18(2,12-14-6-4-5-7-16(14)23-3)21-17(22)15-13-19(15)8-10-20-11-9-19/h4-7,15,20H,8-13H2,1-3H3,(H,21,22). The smallest absolute Gasteiger partial charge is 0.224 e. The predicted molar refractivity (Wildman–Crippen MR) is 91.6 cm³/mol. The molecule has 2 aliphatic rings. The van der Waals surface area contributed by atoms with E-state index >= 15 is 0 Å². The molecule has 2 fully saturated rings. The Morgan fingerprint density at radius 2 is 2.04 bits per heavy atom. The first kappa shape index (κ1) is 16.3. The third-order valence-electron chi connectivity index (χ3n) is 5.39. The zero-order chi connectivity index (χ0) is 16.5. The van der Waals surface area contributed by atoms with E-state index in [-0.39, 0.29) is 22.8 Å². The second kappa shape index (κ2) is 6.16. The van der Waals surface area contributed by atoms with E-state index in [0.717, 1.165) is 50.1 Å². The van der Waals surface area contributed by atoms with E-state index in [2.05, 4.69) is 30.5 Å². The number of methoxy groups -OCH3 is 1. The lowest BCUT2D eigenvalue weighted by molar-refractivity contribution is -0.124. The third-order valence-corrected chi connectivity index (χ3v) is 5.39. The van der Waals surface area contributed by atoms with Gasteiger partial charge in [0.15, 0.2) is 0 Å². The number of benzene rings is 1. The molecule has 1 atom stereocenters. The number of nitrogens with one attached hydrogen (secondary N) is 2. The van der Waals surface area contributed by atoms with Gasteiger partial charge in [-0.15, -0.1) is 0 Å². The Kier molecular flexibility index (Phi) is 4.37.